The Kier molecular flexibility index (Phi) is 1.60. The van der Waals surface area contributed by atoms with Crippen molar-refractivity contribution in [2.75, 3.05) is 7.11 Å². The molecule has 0 saturated carbocycles. The fourth-order valence-corrected chi connectivity index (χ4v) is 3.17. The first-order valence-electron chi connectivity index (χ1n) is 5.57. The van der Waals surface area contributed by atoms with Gasteiger partial charge in [0.25, 0.3) is 0 Å². The number of fused-ring (bicyclic) bond motifs is 4. The summed E-state index contributed by atoms with van der Waals surface area (Å²) in [5.41, 5.74) is 6.59. The summed E-state index contributed by atoms with van der Waals surface area (Å²) in [5.74, 6) is 0.979. The zero-order valence-corrected chi connectivity index (χ0v) is 10.5. The fraction of sp³-hybridized carbons (Fsp3) is 0.143. The molecule has 3 heteroatoms. The number of thiophene rings is 1. The van der Waals surface area contributed by atoms with Crippen molar-refractivity contribution in [2.45, 2.75) is 6.92 Å². The van der Waals surface area contributed by atoms with Gasteiger partial charge in [0, 0.05) is 16.3 Å². The van der Waals surface area contributed by atoms with Gasteiger partial charge in [-0.15, -0.1) is 0 Å². The van der Waals surface area contributed by atoms with Crippen LogP contribution in [0.4, 0.5) is 0 Å². The molecule has 0 N–H and O–H groups in total. The first-order valence-corrected chi connectivity index (χ1v) is 6.51. The van der Waals surface area contributed by atoms with Gasteiger partial charge in [-0.2, -0.15) is 11.3 Å². The third-order valence-corrected chi connectivity index (χ3v) is 4.11. The van der Waals surface area contributed by atoms with E-state index in [0.29, 0.717) is 0 Å². The molecular weight excluding hydrogens is 230 g/mol. The Bertz CT molecular complexity index is 738. The van der Waals surface area contributed by atoms with Gasteiger partial charge in [0.15, 0.2) is 0 Å². The van der Waals surface area contributed by atoms with E-state index >= 15 is 0 Å². The van der Waals surface area contributed by atoms with Crippen molar-refractivity contribution in [1.29, 1.82) is 0 Å². The zero-order chi connectivity index (χ0) is 11.6. The minimum Gasteiger partial charge on any atom is -0.496 e. The molecule has 0 bridgehead atoms. The van der Waals surface area contributed by atoms with Crippen LogP contribution in [0.25, 0.3) is 27.8 Å². The summed E-state index contributed by atoms with van der Waals surface area (Å²) in [4.78, 5) is 0. The molecule has 17 heavy (non-hydrogen) atoms. The average molecular weight is 241 g/mol. The van der Waals surface area contributed by atoms with Gasteiger partial charge in [0.2, 0.25) is 0 Å². The Labute approximate surface area is 103 Å². The molecule has 0 unspecified atom stereocenters. The molecule has 0 radical (unpaired) electrons. The van der Waals surface area contributed by atoms with Crippen LogP contribution in [-0.4, -0.2) is 11.7 Å². The van der Waals surface area contributed by atoms with E-state index in [2.05, 4.69) is 40.5 Å². The van der Waals surface area contributed by atoms with Gasteiger partial charge in [-0.25, -0.2) is 0 Å². The summed E-state index contributed by atoms with van der Waals surface area (Å²) in [5, 5.41) is 5.65. The van der Waals surface area contributed by atoms with Crippen molar-refractivity contribution in [2.24, 2.45) is 0 Å². The number of aromatic nitrogens is 1. The predicted octanol–water partition coefficient (Wildman–Crippen LogP) is 3.99. The minimum absolute atomic E-state index is 0.979. The summed E-state index contributed by atoms with van der Waals surface area (Å²) in [6.45, 7) is 2.09. The SMILES string of the molecule is COc1cc2c3c(-c4ccsc4)n-3c2cc1C. The van der Waals surface area contributed by atoms with Crippen LogP contribution in [0.3, 0.4) is 0 Å². The van der Waals surface area contributed by atoms with Crippen LogP contribution in [0.1, 0.15) is 5.56 Å². The summed E-state index contributed by atoms with van der Waals surface area (Å²) in [7, 11) is 1.73. The van der Waals surface area contributed by atoms with Gasteiger partial charge in [-0.3, -0.25) is 0 Å². The zero-order valence-electron chi connectivity index (χ0n) is 9.65. The minimum atomic E-state index is 0.979. The number of aryl methyl sites for hydroxylation is 1. The molecule has 0 aliphatic carbocycles. The number of rotatable bonds is 2. The molecule has 3 heterocycles. The lowest BCUT2D eigenvalue weighted by atomic mass is 10.1. The highest BCUT2D eigenvalue weighted by atomic mass is 32.1. The molecule has 0 fully saturated rings. The smallest absolute Gasteiger partial charge is 0.122 e. The monoisotopic (exact) mass is 241 g/mol. The van der Waals surface area contributed by atoms with Gasteiger partial charge >= 0.3 is 0 Å². The lowest BCUT2D eigenvalue weighted by Gasteiger charge is -2.10. The number of ether oxygens (including phenoxy) is 1. The topological polar surface area (TPSA) is 14.2 Å². The molecule has 0 spiro atoms. The van der Waals surface area contributed by atoms with Crippen LogP contribution in [0.15, 0.2) is 29.0 Å². The summed E-state index contributed by atoms with van der Waals surface area (Å²) >= 11 is 1.74. The van der Waals surface area contributed by atoms with Gasteiger partial charge in [-0.1, -0.05) is 0 Å². The van der Waals surface area contributed by atoms with E-state index in [1.54, 1.807) is 18.4 Å². The normalized spacial score (nSPS) is 12.1. The number of hydrogen-bond acceptors (Lipinski definition) is 2. The average Bonchev–Trinajstić information content (AvgIpc) is 2.72. The van der Waals surface area contributed by atoms with Gasteiger partial charge in [-0.05, 0) is 36.1 Å². The number of benzene rings is 1. The van der Waals surface area contributed by atoms with Crippen molar-refractivity contribution in [3.8, 4) is 22.7 Å². The third kappa shape index (κ3) is 1.05. The second kappa shape index (κ2) is 2.93. The molecule has 2 nitrogen and oxygen atoms in total. The largest absolute Gasteiger partial charge is 0.496 e. The molecule has 0 saturated heterocycles. The highest BCUT2D eigenvalue weighted by molar-refractivity contribution is 7.08. The number of nitrogens with zero attached hydrogens (tertiary/aromatic N) is 1. The molecule has 84 valence electrons. The highest BCUT2D eigenvalue weighted by Crippen LogP contribution is 2.52. The molecule has 0 amide bonds. The molecule has 2 aliphatic heterocycles. The van der Waals surface area contributed by atoms with E-state index in [1.807, 2.05) is 0 Å². The van der Waals surface area contributed by atoms with E-state index in [-0.39, 0.29) is 0 Å². The number of methoxy groups -OCH3 is 1. The lowest BCUT2D eigenvalue weighted by Crippen LogP contribution is -1.93. The quantitative estimate of drug-likeness (QED) is 0.517. The third-order valence-electron chi connectivity index (χ3n) is 3.43. The molecular formula is C14H11NOS. The van der Waals surface area contributed by atoms with E-state index < -0.39 is 0 Å². The second-order valence-corrected chi connectivity index (χ2v) is 5.16. The Morgan fingerprint density at radius 1 is 1.29 bits per heavy atom. The maximum Gasteiger partial charge on any atom is 0.122 e. The second-order valence-electron chi connectivity index (χ2n) is 4.38. The van der Waals surface area contributed by atoms with Crippen LogP contribution in [0, 0.1) is 6.92 Å². The Hall–Kier alpha value is -1.74. The van der Waals surface area contributed by atoms with E-state index in [9.17, 15) is 0 Å². The maximum absolute atomic E-state index is 5.37. The molecule has 2 aromatic rings. The van der Waals surface area contributed by atoms with Crippen molar-refractivity contribution < 1.29 is 4.74 Å². The van der Waals surface area contributed by atoms with Crippen LogP contribution in [0.2, 0.25) is 0 Å². The molecule has 4 rings (SSSR count). The van der Waals surface area contributed by atoms with Crippen LogP contribution in [0.5, 0.6) is 5.75 Å². The van der Waals surface area contributed by atoms with Crippen LogP contribution >= 0.6 is 11.3 Å². The van der Waals surface area contributed by atoms with Gasteiger partial charge in [0.05, 0.1) is 24.0 Å². The molecule has 1 aromatic heterocycles. The fourth-order valence-electron chi connectivity index (χ4n) is 2.53. The Morgan fingerprint density at radius 2 is 2.18 bits per heavy atom. The van der Waals surface area contributed by atoms with E-state index in [0.717, 1.165) is 5.75 Å². The highest BCUT2D eigenvalue weighted by Gasteiger charge is 2.34. The van der Waals surface area contributed by atoms with Gasteiger partial charge in [0.1, 0.15) is 5.75 Å². The Balaban J connectivity index is 1.96. The number of hydrogen-bond donors (Lipinski definition) is 0. The Morgan fingerprint density at radius 3 is 2.88 bits per heavy atom. The molecule has 2 aliphatic rings. The lowest BCUT2D eigenvalue weighted by molar-refractivity contribution is 0.412. The first-order chi connectivity index (χ1) is 8.31. The first kappa shape index (κ1) is 9.31. The summed E-state index contributed by atoms with van der Waals surface area (Å²) in [6, 6.07) is 6.53. The summed E-state index contributed by atoms with van der Waals surface area (Å²) in [6.07, 6.45) is 0. The van der Waals surface area contributed by atoms with E-state index in [4.69, 9.17) is 4.74 Å². The van der Waals surface area contributed by atoms with E-state index in [1.165, 1.54) is 33.4 Å². The molecule has 0 atom stereocenters. The van der Waals surface area contributed by atoms with Crippen molar-refractivity contribution in [1.82, 2.24) is 4.57 Å². The summed E-state index contributed by atoms with van der Waals surface area (Å²) < 4.78 is 7.69. The van der Waals surface area contributed by atoms with Crippen molar-refractivity contribution >= 4 is 22.2 Å². The predicted molar refractivity (Wildman–Crippen MR) is 71.4 cm³/mol. The standard InChI is InChI=1S/C14H11NOS/c1-8-5-11-10(6-12(8)16-2)14-13(15(11)14)9-3-4-17-7-9/h3-7H,1-2H3. The van der Waals surface area contributed by atoms with Crippen LogP contribution < -0.4 is 4.74 Å². The molecule has 1 aromatic carbocycles. The van der Waals surface area contributed by atoms with Crippen molar-refractivity contribution in [3.05, 3.63) is 34.5 Å². The van der Waals surface area contributed by atoms with Crippen molar-refractivity contribution in [3.63, 3.8) is 0 Å². The van der Waals surface area contributed by atoms with Crippen LogP contribution in [-0.2, 0) is 0 Å². The maximum atomic E-state index is 5.37. The van der Waals surface area contributed by atoms with Gasteiger partial charge < -0.3 is 9.30 Å².